The molecule has 3 nitrogen and oxygen atoms in total. The molecular formula is C12H14ClF2NO2. The third kappa shape index (κ3) is 4.23. The summed E-state index contributed by atoms with van der Waals surface area (Å²) in [4.78, 5) is 11.8. The van der Waals surface area contributed by atoms with Crippen LogP contribution in [0.1, 0.15) is 16.8 Å². The van der Waals surface area contributed by atoms with Crippen molar-refractivity contribution in [2.75, 3.05) is 19.6 Å². The molecule has 1 amide bonds. The molecule has 0 aliphatic rings. The van der Waals surface area contributed by atoms with Crippen molar-refractivity contribution in [1.82, 2.24) is 5.32 Å². The first kappa shape index (κ1) is 14.9. The molecular weight excluding hydrogens is 264 g/mol. The van der Waals surface area contributed by atoms with Crippen LogP contribution in [0.15, 0.2) is 18.2 Å². The predicted molar refractivity (Wildman–Crippen MR) is 64.8 cm³/mol. The van der Waals surface area contributed by atoms with Gasteiger partial charge in [-0.05, 0) is 18.6 Å². The minimum Gasteiger partial charge on any atom is -0.383 e. The van der Waals surface area contributed by atoms with Gasteiger partial charge in [0, 0.05) is 19.1 Å². The van der Waals surface area contributed by atoms with Gasteiger partial charge in [-0.1, -0.05) is 0 Å². The maximum absolute atomic E-state index is 13.4. The van der Waals surface area contributed by atoms with Crippen LogP contribution in [0.2, 0.25) is 0 Å². The van der Waals surface area contributed by atoms with Crippen LogP contribution >= 0.6 is 11.6 Å². The molecule has 1 aromatic carbocycles. The highest BCUT2D eigenvalue weighted by molar-refractivity contribution is 6.17. The summed E-state index contributed by atoms with van der Waals surface area (Å²) in [5, 5.41) is 2.58. The lowest BCUT2D eigenvalue weighted by molar-refractivity contribution is 0.0891. The molecule has 1 aromatic rings. The SMILES string of the molecule is COCC(CCCl)NC(=O)c1ccc(F)cc1F. The molecule has 0 aliphatic carbocycles. The smallest absolute Gasteiger partial charge is 0.254 e. The molecule has 0 saturated carbocycles. The van der Waals surface area contributed by atoms with E-state index < -0.39 is 17.5 Å². The zero-order chi connectivity index (χ0) is 13.5. The highest BCUT2D eigenvalue weighted by Crippen LogP contribution is 2.10. The molecule has 0 aliphatic heterocycles. The van der Waals surface area contributed by atoms with Gasteiger partial charge in [0.05, 0.1) is 18.2 Å². The predicted octanol–water partition coefficient (Wildman–Crippen LogP) is 2.34. The van der Waals surface area contributed by atoms with E-state index in [1.807, 2.05) is 0 Å². The number of nitrogens with one attached hydrogen (secondary N) is 1. The van der Waals surface area contributed by atoms with Gasteiger partial charge in [-0.3, -0.25) is 4.79 Å². The van der Waals surface area contributed by atoms with Gasteiger partial charge in [0.2, 0.25) is 0 Å². The number of rotatable bonds is 6. The van der Waals surface area contributed by atoms with Crippen LogP contribution in [-0.4, -0.2) is 31.5 Å². The van der Waals surface area contributed by atoms with E-state index in [9.17, 15) is 13.6 Å². The lowest BCUT2D eigenvalue weighted by atomic mass is 10.1. The Hall–Kier alpha value is -1.20. The fourth-order valence-electron chi connectivity index (χ4n) is 1.47. The zero-order valence-corrected chi connectivity index (χ0v) is 10.6. The van der Waals surface area contributed by atoms with Gasteiger partial charge >= 0.3 is 0 Å². The van der Waals surface area contributed by atoms with Crippen LogP contribution in [0, 0.1) is 11.6 Å². The van der Waals surface area contributed by atoms with Crippen LogP contribution in [0.4, 0.5) is 8.78 Å². The first-order valence-corrected chi connectivity index (χ1v) is 5.92. The van der Waals surface area contributed by atoms with E-state index in [2.05, 4.69) is 5.32 Å². The van der Waals surface area contributed by atoms with E-state index in [0.29, 0.717) is 18.4 Å². The maximum atomic E-state index is 13.4. The quantitative estimate of drug-likeness (QED) is 0.811. The number of hydrogen-bond acceptors (Lipinski definition) is 2. The molecule has 0 saturated heterocycles. The summed E-state index contributed by atoms with van der Waals surface area (Å²) in [6, 6.07) is 2.50. The highest BCUT2D eigenvalue weighted by Gasteiger charge is 2.16. The summed E-state index contributed by atoms with van der Waals surface area (Å²) in [6.45, 7) is 0.279. The van der Waals surface area contributed by atoms with Gasteiger partial charge in [-0.25, -0.2) is 8.78 Å². The standard InChI is InChI=1S/C12H14ClF2NO2/c1-18-7-9(4-5-13)16-12(17)10-3-2-8(14)6-11(10)15/h2-3,6,9H,4-5,7H2,1H3,(H,16,17). The van der Waals surface area contributed by atoms with Crippen molar-refractivity contribution in [1.29, 1.82) is 0 Å². The Bertz CT molecular complexity index is 409. The van der Waals surface area contributed by atoms with E-state index in [0.717, 1.165) is 12.1 Å². The molecule has 1 atom stereocenters. The monoisotopic (exact) mass is 277 g/mol. The Labute approximate surface area is 109 Å². The number of ether oxygens (including phenoxy) is 1. The van der Waals surface area contributed by atoms with Crippen LogP contribution in [0.25, 0.3) is 0 Å². The van der Waals surface area contributed by atoms with Crippen molar-refractivity contribution in [2.45, 2.75) is 12.5 Å². The molecule has 1 unspecified atom stereocenters. The number of halogens is 3. The summed E-state index contributed by atoms with van der Waals surface area (Å²) >= 11 is 5.58. The van der Waals surface area contributed by atoms with Gasteiger partial charge in [0.25, 0.3) is 5.91 Å². The number of carbonyl (C=O) groups is 1. The minimum absolute atomic E-state index is 0.202. The average molecular weight is 278 g/mol. The van der Waals surface area contributed by atoms with E-state index in [4.69, 9.17) is 16.3 Å². The van der Waals surface area contributed by atoms with Crippen LogP contribution < -0.4 is 5.32 Å². The number of alkyl halides is 1. The van der Waals surface area contributed by atoms with Crippen molar-refractivity contribution in [3.05, 3.63) is 35.4 Å². The van der Waals surface area contributed by atoms with Crippen molar-refractivity contribution >= 4 is 17.5 Å². The second-order valence-electron chi connectivity index (χ2n) is 3.73. The molecule has 18 heavy (non-hydrogen) atoms. The molecule has 6 heteroatoms. The number of hydrogen-bond donors (Lipinski definition) is 1. The average Bonchev–Trinajstić information content (AvgIpc) is 2.29. The maximum Gasteiger partial charge on any atom is 0.254 e. The summed E-state index contributed by atoms with van der Waals surface area (Å²) in [5.41, 5.74) is -0.202. The molecule has 0 radical (unpaired) electrons. The van der Waals surface area contributed by atoms with Gasteiger partial charge in [-0.15, -0.1) is 11.6 Å². The molecule has 0 spiro atoms. The number of carbonyl (C=O) groups excluding carboxylic acids is 1. The lowest BCUT2D eigenvalue weighted by Crippen LogP contribution is -2.38. The largest absolute Gasteiger partial charge is 0.383 e. The first-order valence-electron chi connectivity index (χ1n) is 5.39. The van der Waals surface area contributed by atoms with Crippen LogP contribution in [0.3, 0.4) is 0 Å². The molecule has 0 aromatic heterocycles. The normalized spacial score (nSPS) is 12.2. The van der Waals surface area contributed by atoms with Gasteiger partial charge in [-0.2, -0.15) is 0 Å². The van der Waals surface area contributed by atoms with E-state index >= 15 is 0 Å². The fraction of sp³-hybridized carbons (Fsp3) is 0.417. The molecule has 0 fully saturated rings. The molecule has 1 rings (SSSR count). The Kier molecular flexibility index (Phi) is 6.01. The molecule has 0 bridgehead atoms. The summed E-state index contributed by atoms with van der Waals surface area (Å²) in [5.74, 6) is -1.88. The summed E-state index contributed by atoms with van der Waals surface area (Å²) in [6.07, 6.45) is 0.504. The van der Waals surface area contributed by atoms with Gasteiger partial charge in [0.15, 0.2) is 0 Å². The molecule has 100 valence electrons. The number of methoxy groups -OCH3 is 1. The Morgan fingerprint density at radius 1 is 1.50 bits per heavy atom. The third-order valence-electron chi connectivity index (χ3n) is 2.34. The highest BCUT2D eigenvalue weighted by atomic mass is 35.5. The van der Waals surface area contributed by atoms with Gasteiger partial charge in [0.1, 0.15) is 11.6 Å². The van der Waals surface area contributed by atoms with Crippen LogP contribution in [-0.2, 0) is 4.74 Å². The second-order valence-corrected chi connectivity index (χ2v) is 4.11. The Morgan fingerprint density at radius 2 is 2.22 bits per heavy atom. The zero-order valence-electron chi connectivity index (χ0n) is 9.88. The second kappa shape index (κ2) is 7.28. The minimum atomic E-state index is -0.894. The van der Waals surface area contributed by atoms with E-state index in [1.165, 1.54) is 7.11 Å². The summed E-state index contributed by atoms with van der Waals surface area (Å²) in [7, 11) is 1.49. The van der Waals surface area contributed by atoms with Crippen molar-refractivity contribution in [2.24, 2.45) is 0 Å². The van der Waals surface area contributed by atoms with E-state index in [1.54, 1.807) is 0 Å². The van der Waals surface area contributed by atoms with Crippen LogP contribution in [0.5, 0.6) is 0 Å². The lowest BCUT2D eigenvalue weighted by Gasteiger charge is -2.16. The fourth-order valence-corrected chi connectivity index (χ4v) is 1.73. The molecule has 0 heterocycles. The molecule has 1 N–H and O–H groups in total. The van der Waals surface area contributed by atoms with Crippen molar-refractivity contribution in [3.63, 3.8) is 0 Å². The first-order chi connectivity index (χ1) is 8.58. The van der Waals surface area contributed by atoms with Crippen molar-refractivity contribution in [3.8, 4) is 0 Å². The third-order valence-corrected chi connectivity index (χ3v) is 2.55. The summed E-state index contributed by atoms with van der Waals surface area (Å²) < 4.78 is 31.0. The van der Waals surface area contributed by atoms with E-state index in [-0.39, 0.29) is 18.2 Å². The topological polar surface area (TPSA) is 38.3 Å². The number of benzene rings is 1. The van der Waals surface area contributed by atoms with Gasteiger partial charge < -0.3 is 10.1 Å². The Morgan fingerprint density at radius 3 is 2.78 bits per heavy atom. The Balaban J connectivity index is 2.73. The number of amides is 1. The van der Waals surface area contributed by atoms with Crippen molar-refractivity contribution < 1.29 is 18.3 Å².